The van der Waals surface area contributed by atoms with Crippen molar-refractivity contribution < 1.29 is 0 Å². The number of rotatable bonds is 3. The van der Waals surface area contributed by atoms with Crippen LogP contribution in [0.4, 0.5) is 0 Å². The molecule has 1 aliphatic carbocycles. The lowest BCUT2D eigenvalue weighted by molar-refractivity contribution is 0.427. The Bertz CT molecular complexity index is 386. The average molecular weight is 248 g/mol. The van der Waals surface area contributed by atoms with Crippen LogP contribution in [0.15, 0.2) is 0 Å². The molecule has 0 bridgehead atoms. The number of hydrogen-bond donors (Lipinski definition) is 1. The van der Waals surface area contributed by atoms with Crippen molar-refractivity contribution in [3.8, 4) is 0 Å². The fourth-order valence-electron chi connectivity index (χ4n) is 3.30. The summed E-state index contributed by atoms with van der Waals surface area (Å²) in [5, 5.41) is 8.19. The van der Waals surface area contributed by atoms with Gasteiger partial charge in [-0.3, -0.25) is 4.68 Å². The fourth-order valence-corrected chi connectivity index (χ4v) is 3.30. The molecule has 1 aromatic heterocycles. The first-order valence-electron chi connectivity index (χ1n) is 7.46. The lowest BCUT2D eigenvalue weighted by atomic mass is 9.89. The van der Waals surface area contributed by atoms with Crippen LogP contribution in [0.3, 0.4) is 0 Å². The van der Waals surface area contributed by atoms with Crippen LogP contribution in [0.5, 0.6) is 0 Å². The van der Waals surface area contributed by atoms with E-state index in [0.717, 1.165) is 24.6 Å². The maximum absolute atomic E-state index is 4.81. The van der Waals surface area contributed by atoms with Gasteiger partial charge in [0.2, 0.25) is 0 Å². The molecule has 1 unspecified atom stereocenters. The van der Waals surface area contributed by atoms with E-state index < -0.39 is 0 Å². The number of aryl methyl sites for hydroxylation is 1. The summed E-state index contributed by atoms with van der Waals surface area (Å²) in [5.74, 6) is 2.88. The van der Waals surface area contributed by atoms with Crippen molar-refractivity contribution in [1.82, 2.24) is 20.1 Å². The number of aromatic nitrogens is 3. The Morgan fingerprint density at radius 1 is 1.17 bits per heavy atom. The van der Waals surface area contributed by atoms with Crippen LogP contribution in [0.2, 0.25) is 0 Å². The van der Waals surface area contributed by atoms with E-state index in [1.165, 1.54) is 44.9 Å². The highest BCUT2D eigenvalue weighted by Crippen LogP contribution is 2.30. The average Bonchev–Trinajstić information content (AvgIpc) is 3.02. The Kier molecular flexibility index (Phi) is 3.64. The molecule has 1 saturated heterocycles. The Balaban J connectivity index is 1.68. The van der Waals surface area contributed by atoms with Crippen molar-refractivity contribution in [1.29, 1.82) is 0 Å². The minimum atomic E-state index is 0.618. The van der Waals surface area contributed by atoms with Crippen molar-refractivity contribution in [2.75, 3.05) is 6.54 Å². The standard InChI is InChI=1S/C14H24N4/c1-18-13(10-12-8-5-9-15-12)16-14(17-18)11-6-3-2-4-7-11/h11-12,15H,2-10H2,1H3. The van der Waals surface area contributed by atoms with Crippen LogP contribution in [0, 0.1) is 0 Å². The second kappa shape index (κ2) is 5.39. The van der Waals surface area contributed by atoms with E-state index in [2.05, 4.69) is 10.4 Å². The molecular formula is C14H24N4. The summed E-state index contributed by atoms with van der Waals surface area (Å²) in [4.78, 5) is 4.81. The molecule has 1 atom stereocenters. The number of hydrogen-bond acceptors (Lipinski definition) is 3. The van der Waals surface area contributed by atoms with Crippen LogP contribution in [0.25, 0.3) is 0 Å². The molecule has 1 aliphatic heterocycles. The topological polar surface area (TPSA) is 42.7 Å². The molecule has 2 heterocycles. The summed E-state index contributed by atoms with van der Waals surface area (Å²) >= 11 is 0. The Morgan fingerprint density at radius 3 is 2.72 bits per heavy atom. The van der Waals surface area contributed by atoms with Crippen molar-refractivity contribution in [3.63, 3.8) is 0 Å². The molecule has 1 saturated carbocycles. The normalized spacial score (nSPS) is 25.7. The lowest BCUT2D eigenvalue weighted by Gasteiger charge is -2.18. The van der Waals surface area contributed by atoms with Crippen molar-refractivity contribution in [2.24, 2.45) is 7.05 Å². The Morgan fingerprint density at radius 2 is 2.00 bits per heavy atom. The van der Waals surface area contributed by atoms with E-state index in [0.29, 0.717) is 12.0 Å². The van der Waals surface area contributed by atoms with Gasteiger partial charge >= 0.3 is 0 Å². The molecule has 1 aromatic rings. The van der Waals surface area contributed by atoms with Gasteiger partial charge in [0.05, 0.1) is 0 Å². The molecule has 0 spiro atoms. The Hall–Kier alpha value is -0.900. The fraction of sp³-hybridized carbons (Fsp3) is 0.857. The molecule has 18 heavy (non-hydrogen) atoms. The van der Waals surface area contributed by atoms with E-state index in [-0.39, 0.29) is 0 Å². The van der Waals surface area contributed by atoms with E-state index in [4.69, 9.17) is 4.98 Å². The maximum Gasteiger partial charge on any atom is 0.154 e. The lowest BCUT2D eigenvalue weighted by Crippen LogP contribution is -2.25. The highest BCUT2D eigenvalue weighted by atomic mass is 15.3. The second-order valence-electron chi connectivity index (χ2n) is 5.84. The van der Waals surface area contributed by atoms with Gasteiger partial charge in [0.1, 0.15) is 5.82 Å². The summed E-state index contributed by atoms with van der Waals surface area (Å²) in [5.41, 5.74) is 0. The molecular weight excluding hydrogens is 224 g/mol. The molecule has 2 fully saturated rings. The first kappa shape index (κ1) is 12.2. The first-order chi connectivity index (χ1) is 8.83. The summed E-state index contributed by atoms with van der Waals surface area (Å²) in [6.07, 6.45) is 10.3. The van der Waals surface area contributed by atoms with E-state index in [1.807, 2.05) is 11.7 Å². The number of nitrogens with zero attached hydrogens (tertiary/aromatic N) is 3. The highest BCUT2D eigenvalue weighted by molar-refractivity contribution is 5.02. The molecule has 0 amide bonds. The largest absolute Gasteiger partial charge is 0.314 e. The summed E-state index contributed by atoms with van der Waals surface area (Å²) in [7, 11) is 2.05. The summed E-state index contributed by atoms with van der Waals surface area (Å²) < 4.78 is 2.00. The zero-order chi connectivity index (χ0) is 12.4. The maximum atomic E-state index is 4.81. The van der Waals surface area contributed by atoms with Crippen molar-refractivity contribution in [2.45, 2.75) is 63.3 Å². The SMILES string of the molecule is Cn1nc(C2CCCCC2)nc1CC1CCCN1. The van der Waals surface area contributed by atoms with Gasteiger partial charge in [0, 0.05) is 25.4 Å². The molecule has 0 aromatic carbocycles. The molecule has 2 aliphatic rings. The zero-order valence-electron chi connectivity index (χ0n) is 11.4. The molecule has 4 heteroatoms. The van der Waals surface area contributed by atoms with Crippen LogP contribution in [0.1, 0.15) is 62.5 Å². The molecule has 3 rings (SSSR count). The predicted octanol–water partition coefficient (Wildman–Crippen LogP) is 2.16. The monoisotopic (exact) mass is 248 g/mol. The van der Waals surface area contributed by atoms with Crippen LogP contribution in [-0.2, 0) is 13.5 Å². The van der Waals surface area contributed by atoms with E-state index in [9.17, 15) is 0 Å². The quantitative estimate of drug-likeness (QED) is 0.891. The summed E-state index contributed by atoms with van der Waals surface area (Å²) in [6, 6.07) is 0.618. The third-order valence-corrected chi connectivity index (χ3v) is 4.43. The predicted molar refractivity (Wildman–Crippen MR) is 71.6 cm³/mol. The van der Waals surface area contributed by atoms with Gasteiger partial charge in [-0.25, -0.2) is 4.98 Å². The van der Waals surface area contributed by atoms with Gasteiger partial charge in [-0.2, -0.15) is 5.10 Å². The third-order valence-electron chi connectivity index (χ3n) is 4.43. The van der Waals surface area contributed by atoms with Crippen LogP contribution >= 0.6 is 0 Å². The summed E-state index contributed by atoms with van der Waals surface area (Å²) in [6.45, 7) is 1.16. The van der Waals surface area contributed by atoms with Crippen LogP contribution in [-0.4, -0.2) is 27.4 Å². The first-order valence-corrected chi connectivity index (χ1v) is 7.46. The highest BCUT2D eigenvalue weighted by Gasteiger charge is 2.22. The second-order valence-corrected chi connectivity index (χ2v) is 5.84. The van der Waals surface area contributed by atoms with Crippen LogP contribution < -0.4 is 5.32 Å². The van der Waals surface area contributed by atoms with Gasteiger partial charge in [-0.15, -0.1) is 0 Å². The van der Waals surface area contributed by atoms with Gasteiger partial charge < -0.3 is 5.32 Å². The zero-order valence-corrected chi connectivity index (χ0v) is 11.4. The smallest absolute Gasteiger partial charge is 0.154 e. The van der Waals surface area contributed by atoms with Crippen molar-refractivity contribution >= 4 is 0 Å². The molecule has 4 nitrogen and oxygen atoms in total. The minimum Gasteiger partial charge on any atom is -0.314 e. The van der Waals surface area contributed by atoms with Gasteiger partial charge in [0.15, 0.2) is 5.82 Å². The molecule has 1 N–H and O–H groups in total. The van der Waals surface area contributed by atoms with Crippen molar-refractivity contribution in [3.05, 3.63) is 11.6 Å². The molecule has 100 valence electrons. The van der Waals surface area contributed by atoms with Gasteiger partial charge in [0.25, 0.3) is 0 Å². The van der Waals surface area contributed by atoms with E-state index >= 15 is 0 Å². The molecule has 0 radical (unpaired) electrons. The van der Waals surface area contributed by atoms with Gasteiger partial charge in [-0.1, -0.05) is 19.3 Å². The third kappa shape index (κ3) is 2.58. The van der Waals surface area contributed by atoms with E-state index in [1.54, 1.807) is 0 Å². The minimum absolute atomic E-state index is 0.618. The number of nitrogens with one attached hydrogen (secondary N) is 1. The Labute approximate surface area is 109 Å². The van der Waals surface area contributed by atoms with Gasteiger partial charge in [-0.05, 0) is 32.2 Å².